The Hall–Kier alpha value is -2.44. The Morgan fingerprint density at radius 3 is 2.89 bits per heavy atom. The van der Waals surface area contributed by atoms with Crippen LogP contribution in [0.5, 0.6) is 0 Å². The maximum absolute atomic E-state index is 13.1. The summed E-state index contributed by atoms with van der Waals surface area (Å²) in [5.41, 5.74) is 0.164. The van der Waals surface area contributed by atoms with Crippen LogP contribution in [-0.4, -0.2) is 27.5 Å². The summed E-state index contributed by atoms with van der Waals surface area (Å²) < 4.78 is 14.9. The highest BCUT2D eigenvalue weighted by atomic mass is 19.1. The van der Waals surface area contributed by atoms with Crippen LogP contribution in [-0.2, 0) is 13.6 Å². The van der Waals surface area contributed by atoms with Crippen LogP contribution >= 0.6 is 0 Å². The first-order valence-corrected chi connectivity index (χ1v) is 5.69. The molecule has 19 heavy (non-hydrogen) atoms. The average molecular weight is 263 g/mol. The summed E-state index contributed by atoms with van der Waals surface area (Å²) in [7, 11) is 3.45. The highest BCUT2D eigenvalue weighted by Crippen LogP contribution is 2.12. The van der Waals surface area contributed by atoms with Gasteiger partial charge in [-0.1, -0.05) is 0 Å². The molecule has 7 heteroatoms. The number of amides is 1. The number of hydrogen-bond acceptors (Lipinski definition) is 4. The third kappa shape index (κ3) is 2.87. The van der Waals surface area contributed by atoms with Crippen molar-refractivity contribution in [3.05, 3.63) is 41.9 Å². The minimum Gasteiger partial charge on any atom is -0.372 e. The lowest BCUT2D eigenvalue weighted by Crippen LogP contribution is -2.25. The molecular weight excluding hydrogens is 249 g/mol. The zero-order valence-corrected chi connectivity index (χ0v) is 10.6. The van der Waals surface area contributed by atoms with Gasteiger partial charge in [0.15, 0.2) is 0 Å². The van der Waals surface area contributed by atoms with Gasteiger partial charge in [-0.05, 0) is 6.07 Å². The molecule has 2 heterocycles. The van der Waals surface area contributed by atoms with Gasteiger partial charge in [0.2, 0.25) is 0 Å². The molecule has 2 aromatic rings. The molecule has 100 valence electrons. The molecule has 0 saturated heterocycles. The van der Waals surface area contributed by atoms with Crippen molar-refractivity contribution in [1.82, 2.24) is 19.9 Å². The maximum Gasteiger partial charge on any atom is 0.255 e. The Morgan fingerprint density at radius 2 is 2.26 bits per heavy atom. The van der Waals surface area contributed by atoms with Crippen molar-refractivity contribution in [2.75, 3.05) is 12.4 Å². The monoisotopic (exact) mass is 263 g/mol. The Morgan fingerprint density at radius 1 is 1.47 bits per heavy atom. The number of aromatic nitrogens is 3. The number of carbonyl (C=O) groups excluding carboxylic acids is 1. The van der Waals surface area contributed by atoms with Crippen molar-refractivity contribution < 1.29 is 9.18 Å². The third-order valence-corrected chi connectivity index (χ3v) is 2.66. The van der Waals surface area contributed by atoms with Crippen LogP contribution in [0.3, 0.4) is 0 Å². The van der Waals surface area contributed by atoms with Gasteiger partial charge in [-0.2, -0.15) is 0 Å². The van der Waals surface area contributed by atoms with Crippen LogP contribution in [0, 0.1) is 5.82 Å². The summed E-state index contributed by atoms with van der Waals surface area (Å²) in [5.74, 6) is 0.0861. The van der Waals surface area contributed by atoms with E-state index in [4.69, 9.17) is 0 Å². The molecule has 0 atom stereocenters. The summed E-state index contributed by atoms with van der Waals surface area (Å²) in [6.07, 6.45) is 4.48. The van der Waals surface area contributed by atoms with Gasteiger partial charge < -0.3 is 15.2 Å². The number of nitrogens with zero attached hydrogens (tertiary/aromatic N) is 3. The molecule has 2 rings (SSSR count). The maximum atomic E-state index is 13.1. The number of carbonyl (C=O) groups is 1. The molecule has 0 aliphatic heterocycles. The lowest BCUT2D eigenvalue weighted by Gasteiger charge is -2.09. The van der Waals surface area contributed by atoms with Crippen LogP contribution in [0.15, 0.2) is 24.7 Å². The van der Waals surface area contributed by atoms with Crippen molar-refractivity contribution >= 4 is 11.7 Å². The first-order chi connectivity index (χ1) is 9.11. The quantitative estimate of drug-likeness (QED) is 0.860. The molecule has 2 N–H and O–H groups in total. The number of hydrogen-bond donors (Lipinski definition) is 2. The first kappa shape index (κ1) is 13.0. The first-order valence-electron chi connectivity index (χ1n) is 5.69. The molecule has 2 aromatic heterocycles. The van der Waals surface area contributed by atoms with Gasteiger partial charge in [0.05, 0.1) is 18.3 Å². The van der Waals surface area contributed by atoms with Crippen molar-refractivity contribution in [3.63, 3.8) is 0 Å². The molecule has 1 amide bonds. The van der Waals surface area contributed by atoms with E-state index in [9.17, 15) is 9.18 Å². The topological polar surface area (TPSA) is 71.8 Å². The normalized spacial score (nSPS) is 10.3. The van der Waals surface area contributed by atoms with Crippen LogP contribution in [0.4, 0.5) is 10.2 Å². The number of pyridine rings is 1. The fourth-order valence-electron chi connectivity index (χ4n) is 1.63. The largest absolute Gasteiger partial charge is 0.372 e. The van der Waals surface area contributed by atoms with E-state index >= 15 is 0 Å². The molecule has 6 nitrogen and oxygen atoms in total. The zero-order valence-electron chi connectivity index (χ0n) is 10.6. The lowest BCUT2D eigenvalue weighted by molar-refractivity contribution is 0.0949. The number of aryl methyl sites for hydroxylation is 1. The Balaban J connectivity index is 2.12. The standard InChI is InChI=1S/C12H14FN5O/c1-14-11-9(5-8(13)6-16-11)12(19)17-7-10-15-3-4-18(10)2/h3-6H,7H2,1-2H3,(H,14,16)(H,17,19). The van der Waals surface area contributed by atoms with Gasteiger partial charge in [-0.15, -0.1) is 0 Å². The number of rotatable bonds is 4. The van der Waals surface area contributed by atoms with Gasteiger partial charge in [0.25, 0.3) is 5.91 Å². The van der Waals surface area contributed by atoms with E-state index in [1.165, 1.54) is 0 Å². The minimum absolute atomic E-state index is 0.164. The smallest absolute Gasteiger partial charge is 0.255 e. The molecular formula is C12H14FN5O. The second-order valence-electron chi connectivity index (χ2n) is 3.94. The molecule has 0 bridgehead atoms. The fourth-order valence-corrected chi connectivity index (χ4v) is 1.63. The Kier molecular flexibility index (Phi) is 3.74. The van der Waals surface area contributed by atoms with Gasteiger partial charge in [-0.25, -0.2) is 14.4 Å². The van der Waals surface area contributed by atoms with E-state index in [-0.39, 0.29) is 12.1 Å². The van der Waals surface area contributed by atoms with E-state index in [1.807, 2.05) is 7.05 Å². The average Bonchev–Trinajstić information content (AvgIpc) is 2.81. The number of imidazole rings is 1. The second-order valence-corrected chi connectivity index (χ2v) is 3.94. The number of anilines is 1. The van der Waals surface area contributed by atoms with Gasteiger partial charge in [0.1, 0.15) is 17.5 Å². The third-order valence-electron chi connectivity index (χ3n) is 2.66. The minimum atomic E-state index is -0.554. The van der Waals surface area contributed by atoms with E-state index in [0.29, 0.717) is 11.6 Å². The van der Waals surface area contributed by atoms with Crippen LogP contribution in [0.2, 0.25) is 0 Å². The molecule has 0 spiro atoms. The Bertz CT molecular complexity index is 596. The van der Waals surface area contributed by atoms with Crippen LogP contribution in [0.25, 0.3) is 0 Å². The van der Waals surface area contributed by atoms with Crippen molar-refractivity contribution in [1.29, 1.82) is 0 Å². The van der Waals surface area contributed by atoms with Gasteiger partial charge in [0, 0.05) is 26.5 Å². The van der Waals surface area contributed by atoms with E-state index < -0.39 is 11.7 Å². The summed E-state index contributed by atoms with van der Waals surface area (Å²) in [4.78, 5) is 19.9. The van der Waals surface area contributed by atoms with Crippen LogP contribution < -0.4 is 10.6 Å². The number of nitrogens with one attached hydrogen (secondary N) is 2. The highest BCUT2D eigenvalue weighted by Gasteiger charge is 2.13. The second kappa shape index (κ2) is 5.47. The molecule has 0 aliphatic rings. The molecule has 0 saturated carbocycles. The molecule has 0 unspecified atom stereocenters. The molecule has 0 fully saturated rings. The molecule has 0 aliphatic carbocycles. The van der Waals surface area contributed by atoms with E-state index in [2.05, 4.69) is 20.6 Å². The van der Waals surface area contributed by atoms with Crippen LogP contribution in [0.1, 0.15) is 16.2 Å². The van der Waals surface area contributed by atoms with Gasteiger partial charge in [-0.3, -0.25) is 4.79 Å². The number of halogens is 1. The summed E-state index contributed by atoms with van der Waals surface area (Å²) in [6, 6.07) is 1.15. The fraction of sp³-hybridized carbons (Fsp3) is 0.250. The lowest BCUT2D eigenvalue weighted by atomic mass is 10.2. The van der Waals surface area contributed by atoms with Crippen molar-refractivity contribution in [3.8, 4) is 0 Å². The van der Waals surface area contributed by atoms with E-state index in [1.54, 1.807) is 24.0 Å². The summed E-state index contributed by atoms with van der Waals surface area (Å²) in [6.45, 7) is 0.266. The van der Waals surface area contributed by atoms with Crippen molar-refractivity contribution in [2.24, 2.45) is 7.05 Å². The van der Waals surface area contributed by atoms with E-state index in [0.717, 1.165) is 12.3 Å². The SMILES string of the molecule is CNc1ncc(F)cc1C(=O)NCc1nccn1C. The zero-order chi connectivity index (χ0) is 13.8. The Labute approximate surface area is 109 Å². The highest BCUT2D eigenvalue weighted by molar-refractivity contribution is 5.98. The summed E-state index contributed by atoms with van der Waals surface area (Å²) >= 11 is 0. The molecule has 0 radical (unpaired) electrons. The summed E-state index contributed by atoms with van der Waals surface area (Å²) in [5, 5.41) is 5.42. The van der Waals surface area contributed by atoms with Gasteiger partial charge >= 0.3 is 0 Å². The van der Waals surface area contributed by atoms with Crippen molar-refractivity contribution in [2.45, 2.75) is 6.54 Å². The predicted molar refractivity (Wildman–Crippen MR) is 68.1 cm³/mol. The molecule has 0 aromatic carbocycles. The predicted octanol–water partition coefficient (Wildman–Crippen LogP) is 0.926.